The van der Waals surface area contributed by atoms with Gasteiger partial charge in [-0.1, -0.05) is 11.2 Å². The van der Waals surface area contributed by atoms with Gasteiger partial charge in [-0.05, 0) is 38.5 Å². The lowest BCUT2D eigenvalue weighted by molar-refractivity contribution is 0.102. The van der Waals surface area contributed by atoms with Crippen LogP contribution >= 0.6 is 0 Å². The van der Waals surface area contributed by atoms with Crippen molar-refractivity contribution in [3.8, 4) is 0 Å². The monoisotopic (exact) mass is 248 g/mol. The molecule has 1 aromatic heterocycles. The smallest absolute Gasteiger partial charge is 0.261 e. The lowest BCUT2D eigenvalue weighted by Gasteiger charge is -2.06. The number of hydrogen-bond donors (Lipinski definition) is 1. The molecule has 0 aliphatic rings. The summed E-state index contributed by atoms with van der Waals surface area (Å²) in [6, 6.07) is 4.53. The molecular formula is C13H13FN2O2. The third-order valence-electron chi connectivity index (χ3n) is 2.63. The van der Waals surface area contributed by atoms with E-state index < -0.39 is 11.7 Å². The molecule has 0 radical (unpaired) electrons. The van der Waals surface area contributed by atoms with Crippen LogP contribution in [0.15, 0.2) is 22.7 Å². The lowest BCUT2D eigenvalue weighted by atomic mass is 10.1. The number of amides is 1. The van der Waals surface area contributed by atoms with Gasteiger partial charge in [0.15, 0.2) is 0 Å². The number of aromatic nitrogens is 1. The first-order valence-electron chi connectivity index (χ1n) is 5.49. The summed E-state index contributed by atoms with van der Waals surface area (Å²) >= 11 is 0. The van der Waals surface area contributed by atoms with Crippen LogP contribution in [0.1, 0.15) is 27.4 Å². The number of carbonyl (C=O) groups is 1. The first-order valence-corrected chi connectivity index (χ1v) is 5.49. The van der Waals surface area contributed by atoms with E-state index in [0.29, 0.717) is 17.0 Å². The van der Waals surface area contributed by atoms with Gasteiger partial charge < -0.3 is 9.84 Å². The maximum atomic E-state index is 13.5. The molecule has 1 amide bonds. The van der Waals surface area contributed by atoms with Gasteiger partial charge in [-0.25, -0.2) is 4.39 Å². The summed E-state index contributed by atoms with van der Waals surface area (Å²) in [5.74, 6) is -0.477. The van der Waals surface area contributed by atoms with Crippen LogP contribution in [-0.2, 0) is 0 Å². The Bertz CT molecular complexity index is 586. The van der Waals surface area contributed by atoms with Crippen LogP contribution in [0.3, 0.4) is 0 Å². The molecule has 1 heterocycles. The number of nitrogens with one attached hydrogen (secondary N) is 1. The van der Waals surface area contributed by atoms with Crippen molar-refractivity contribution in [2.75, 3.05) is 5.32 Å². The fourth-order valence-corrected chi connectivity index (χ4v) is 1.73. The van der Waals surface area contributed by atoms with Gasteiger partial charge in [0.05, 0.1) is 11.4 Å². The van der Waals surface area contributed by atoms with Gasteiger partial charge in [-0.2, -0.15) is 0 Å². The highest BCUT2D eigenvalue weighted by Gasteiger charge is 2.18. The highest BCUT2D eigenvalue weighted by molar-refractivity contribution is 6.05. The van der Waals surface area contributed by atoms with Crippen LogP contribution in [0.5, 0.6) is 0 Å². The van der Waals surface area contributed by atoms with Crippen LogP contribution < -0.4 is 5.32 Å². The molecule has 2 rings (SSSR count). The Morgan fingerprint density at radius 3 is 2.67 bits per heavy atom. The molecule has 1 aromatic carbocycles. The number of rotatable bonds is 2. The maximum absolute atomic E-state index is 13.5. The van der Waals surface area contributed by atoms with Crippen molar-refractivity contribution in [3.63, 3.8) is 0 Å². The number of aryl methyl sites for hydroxylation is 3. The summed E-state index contributed by atoms with van der Waals surface area (Å²) in [6.07, 6.45) is 0. The molecule has 5 heteroatoms. The topological polar surface area (TPSA) is 55.1 Å². The molecule has 0 fully saturated rings. The predicted molar refractivity (Wildman–Crippen MR) is 65.1 cm³/mol. The third-order valence-corrected chi connectivity index (χ3v) is 2.63. The quantitative estimate of drug-likeness (QED) is 0.888. The third kappa shape index (κ3) is 2.25. The van der Waals surface area contributed by atoms with Gasteiger partial charge >= 0.3 is 0 Å². The lowest BCUT2D eigenvalue weighted by Crippen LogP contribution is -2.14. The summed E-state index contributed by atoms with van der Waals surface area (Å²) < 4.78 is 18.4. The van der Waals surface area contributed by atoms with E-state index in [2.05, 4.69) is 10.5 Å². The second-order valence-electron chi connectivity index (χ2n) is 4.14. The summed E-state index contributed by atoms with van der Waals surface area (Å²) in [4.78, 5) is 12.0. The molecule has 0 saturated carbocycles. The Morgan fingerprint density at radius 1 is 1.33 bits per heavy atom. The molecule has 94 valence electrons. The van der Waals surface area contributed by atoms with Crippen molar-refractivity contribution < 1.29 is 13.7 Å². The van der Waals surface area contributed by atoms with Crippen molar-refractivity contribution in [1.29, 1.82) is 0 Å². The van der Waals surface area contributed by atoms with Crippen LogP contribution in [-0.4, -0.2) is 11.1 Å². The minimum absolute atomic E-state index is 0.153. The van der Waals surface area contributed by atoms with Gasteiger partial charge in [0.2, 0.25) is 0 Å². The van der Waals surface area contributed by atoms with Crippen LogP contribution in [0.4, 0.5) is 10.1 Å². The highest BCUT2D eigenvalue weighted by Crippen LogP contribution is 2.19. The molecule has 0 aliphatic carbocycles. The molecule has 1 N–H and O–H groups in total. The molecule has 0 bridgehead atoms. The normalized spacial score (nSPS) is 10.4. The van der Waals surface area contributed by atoms with E-state index in [1.165, 1.54) is 6.07 Å². The number of nitrogens with zero attached hydrogens (tertiary/aromatic N) is 1. The van der Waals surface area contributed by atoms with E-state index in [1.807, 2.05) is 6.92 Å². The van der Waals surface area contributed by atoms with E-state index >= 15 is 0 Å². The Morgan fingerprint density at radius 2 is 2.06 bits per heavy atom. The van der Waals surface area contributed by atoms with Gasteiger partial charge in [-0.15, -0.1) is 0 Å². The SMILES string of the molecule is Cc1ccc(F)c(NC(=O)c2c(C)noc2C)c1. The Hall–Kier alpha value is -2.17. The zero-order valence-electron chi connectivity index (χ0n) is 10.4. The molecular weight excluding hydrogens is 235 g/mol. The number of hydrogen-bond acceptors (Lipinski definition) is 3. The average Bonchev–Trinajstić information content (AvgIpc) is 2.63. The molecule has 2 aromatic rings. The van der Waals surface area contributed by atoms with E-state index in [-0.39, 0.29) is 5.69 Å². The minimum atomic E-state index is -0.472. The van der Waals surface area contributed by atoms with Gasteiger partial charge in [0.25, 0.3) is 5.91 Å². The number of carbonyl (C=O) groups excluding carboxylic acids is 1. The standard InChI is InChI=1S/C13H13FN2O2/c1-7-4-5-10(14)11(6-7)15-13(17)12-8(2)16-18-9(12)3/h4-6H,1-3H3,(H,15,17). The average molecular weight is 248 g/mol. The number of benzene rings is 1. The first kappa shape index (κ1) is 12.3. The van der Waals surface area contributed by atoms with Crippen molar-refractivity contribution in [1.82, 2.24) is 5.16 Å². The molecule has 0 unspecified atom stereocenters. The Balaban J connectivity index is 2.30. The van der Waals surface area contributed by atoms with Crippen molar-refractivity contribution >= 4 is 11.6 Å². The van der Waals surface area contributed by atoms with E-state index in [0.717, 1.165) is 5.56 Å². The van der Waals surface area contributed by atoms with Crippen molar-refractivity contribution in [2.24, 2.45) is 0 Å². The summed E-state index contributed by atoms with van der Waals surface area (Å²) in [5, 5.41) is 6.21. The molecule has 0 atom stereocenters. The zero-order valence-corrected chi connectivity index (χ0v) is 10.4. The summed E-state index contributed by atoms with van der Waals surface area (Å²) in [5.41, 5.74) is 1.85. The maximum Gasteiger partial charge on any atom is 0.261 e. The zero-order chi connectivity index (χ0) is 13.3. The van der Waals surface area contributed by atoms with Crippen molar-refractivity contribution in [2.45, 2.75) is 20.8 Å². The van der Waals surface area contributed by atoms with Crippen LogP contribution in [0, 0.1) is 26.6 Å². The molecule has 0 spiro atoms. The van der Waals surface area contributed by atoms with Gasteiger partial charge in [0, 0.05) is 0 Å². The fraction of sp³-hybridized carbons (Fsp3) is 0.231. The molecule has 0 saturated heterocycles. The van der Waals surface area contributed by atoms with Crippen LogP contribution in [0.25, 0.3) is 0 Å². The summed E-state index contributed by atoms with van der Waals surface area (Å²) in [6.45, 7) is 5.13. The first-order chi connectivity index (χ1) is 8.49. The summed E-state index contributed by atoms with van der Waals surface area (Å²) in [7, 11) is 0. The van der Waals surface area contributed by atoms with Crippen molar-refractivity contribution in [3.05, 3.63) is 46.6 Å². The van der Waals surface area contributed by atoms with Crippen LogP contribution in [0.2, 0.25) is 0 Å². The predicted octanol–water partition coefficient (Wildman–Crippen LogP) is 2.99. The highest BCUT2D eigenvalue weighted by atomic mass is 19.1. The second kappa shape index (κ2) is 4.60. The molecule has 18 heavy (non-hydrogen) atoms. The number of anilines is 1. The molecule has 4 nitrogen and oxygen atoms in total. The molecule has 0 aliphatic heterocycles. The Kier molecular flexibility index (Phi) is 3.14. The number of halogens is 1. The Labute approximate surface area is 104 Å². The second-order valence-corrected chi connectivity index (χ2v) is 4.14. The minimum Gasteiger partial charge on any atom is -0.361 e. The largest absolute Gasteiger partial charge is 0.361 e. The van der Waals surface area contributed by atoms with E-state index in [4.69, 9.17) is 4.52 Å². The van der Waals surface area contributed by atoms with E-state index in [9.17, 15) is 9.18 Å². The van der Waals surface area contributed by atoms with E-state index in [1.54, 1.807) is 26.0 Å². The fourth-order valence-electron chi connectivity index (χ4n) is 1.73. The van der Waals surface area contributed by atoms with Gasteiger partial charge in [-0.3, -0.25) is 4.79 Å². The van der Waals surface area contributed by atoms with Gasteiger partial charge in [0.1, 0.15) is 17.1 Å².